The lowest BCUT2D eigenvalue weighted by molar-refractivity contribution is 0.0979. The molecule has 0 fully saturated rings. The van der Waals surface area contributed by atoms with Crippen LogP contribution in [0.4, 0.5) is 5.69 Å². The first-order valence-corrected chi connectivity index (χ1v) is 12.9. The SMILES string of the molecule is O=C(NC(=S)Nc1ccc2oc(-c3cccc4c(Br)cccc34)nc2c1)c1cccc2c(Cl)cccc12. The number of hydrogen-bond donors (Lipinski definition) is 2. The van der Waals surface area contributed by atoms with E-state index in [1.54, 1.807) is 18.2 Å². The average Bonchev–Trinajstić information content (AvgIpc) is 3.32. The molecule has 0 spiro atoms. The number of thiocarbonyl (C=S) groups is 1. The Labute approximate surface area is 230 Å². The van der Waals surface area contributed by atoms with Crippen LogP contribution >= 0.6 is 39.7 Å². The Balaban J connectivity index is 1.24. The second-order valence-corrected chi connectivity index (χ2v) is 10.1. The van der Waals surface area contributed by atoms with Crippen molar-refractivity contribution in [1.82, 2.24) is 10.3 Å². The smallest absolute Gasteiger partial charge is 0.258 e. The van der Waals surface area contributed by atoms with E-state index >= 15 is 0 Å². The summed E-state index contributed by atoms with van der Waals surface area (Å²) >= 11 is 15.3. The lowest BCUT2D eigenvalue weighted by Crippen LogP contribution is -2.34. The molecule has 0 unspecified atom stereocenters. The Hall–Kier alpha value is -3.78. The summed E-state index contributed by atoms with van der Waals surface area (Å²) in [5.41, 5.74) is 3.39. The van der Waals surface area contributed by atoms with E-state index in [-0.39, 0.29) is 11.0 Å². The van der Waals surface area contributed by atoms with Crippen LogP contribution in [0.5, 0.6) is 0 Å². The predicted molar refractivity (Wildman–Crippen MR) is 157 cm³/mol. The molecule has 6 rings (SSSR count). The third kappa shape index (κ3) is 4.46. The Kier molecular flexibility index (Phi) is 6.12. The van der Waals surface area contributed by atoms with Crippen molar-refractivity contribution in [2.24, 2.45) is 0 Å². The van der Waals surface area contributed by atoms with Crippen molar-refractivity contribution in [2.45, 2.75) is 0 Å². The van der Waals surface area contributed by atoms with Gasteiger partial charge in [0.15, 0.2) is 10.7 Å². The highest BCUT2D eigenvalue weighted by atomic mass is 79.9. The largest absolute Gasteiger partial charge is 0.436 e. The highest BCUT2D eigenvalue weighted by Gasteiger charge is 2.15. The van der Waals surface area contributed by atoms with Crippen molar-refractivity contribution in [3.8, 4) is 11.5 Å². The molecule has 0 atom stereocenters. The van der Waals surface area contributed by atoms with E-state index in [1.165, 1.54) is 0 Å². The van der Waals surface area contributed by atoms with E-state index in [0.29, 0.717) is 33.3 Å². The molecular weight excluding hydrogens is 570 g/mol. The van der Waals surface area contributed by atoms with Crippen LogP contribution in [0.15, 0.2) is 99.9 Å². The Bertz CT molecular complexity index is 1870. The summed E-state index contributed by atoms with van der Waals surface area (Å²) in [6.45, 7) is 0. The molecule has 5 aromatic carbocycles. The summed E-state index contributed by atoms with van der Waals surface area (Å²) in [5.74, 6) is 0.207. The molecule has 0 bridgehead atoms. The fraction of sp³-hybridized carbons (Fsp3) is 0. The first-order chi connectivity index (χ1) is 18.0. The van der Waals surface area contributed by atoms with Crippen LogP contribution in [0.2, 0.25) is 5.02 Å². The van der Waals surface area contributed by atoms with Gasteiger partial charge in [0.25, 0.3) is 5.91 Å². The summed E-state index contributed by atoms with van der Waals surface area (Å²) in [5, 5.41) is 10.3. The molecule has 0 aliphatic heterocycles. The molecule has 0 saturated heterocycles. The van der Waals surface area contributed by atoms with Gasteiger partial charge in [-0.3, -0.25) is 10.1 Å². The van der Waals surface area contributed by atoms with Gasteiger partial charge in [-0.1, -0.05) is 76.1 Å². The maximum Gasteiger partial charge on any atom is 0.258 e. The number of amides is 1. The number of nitrogens with zero attached hydrogens (tertiary/aromatic N) is 1. The zero-order valence-electron chi connectivity index (χ0n) is 19.1. The van der Waals surface area contributed by atoms with Crippen LogP contribution in [-0.2, 0) is 0 Å². The van der Waals surface area contributed by atoms with Gasteiger partial charge >= 0.3 is 0 Å². The summed E-state index contributed by atoms with van der Waals surface area (Å²) in [4.78, 5) is 17.7. The quantitative estimate of drug-likeness (QED) is 0.204. The number of carbonyl (C=O) groups excluding carboxylic acids is 1. The monoisotopic (exact) mass is 585 g/mol. The Morgan fingerprint density at radius 2 is 1.59 bits per heavy atom. The van der Waals surface area contributed by atoms with Gasteiger partial charge in [-0.2, -0.15) is 0 Å². The average molecular weight is 587 g/mol. The minimum atomic E-state index is -0.322. The summed E-state index contributed by atoms with van der Waals surface area (Å²) in [7, 11) is 0. The first kappa shape index (κ1) is 23.6. The number of rotatable bonds is 3. The number of nitrogens with one attached hydrogen (secondary N) is 2. The van der Waals surface area contributed by atoms with Gasteiger partial charge in [0.1, 0.15) is 5.52 Å². The molecule has 1 amide bonds. The number of fused-ring (bicyclic) bond motifs is 3. The Morgan fingerprint density at radius 3 is 2.49 bits per heavy atom. The number of halogens is 2. The van der Waals surface area contributed by atoms with Crippen molar-refractivity contribution in [2.75, 3.05) is 5.32 Å². The number of benzene rings is 5. The van der Waals surface area contributed by atoms with Gasteiger partial charge in [0.2, 0.25) is 5.89 Å². The van der Waals surface area contributed by atoms with E-state index < -0.39 is 0 Å². The normalized spacial score (nSPS) is 11.2. The van der Waals surface area contributed by atoms with Gasteiger partial charge in [-0.05, 0) is 70.8 Å². The van der Waals surface area contributed by atoms with Crippen LogP contribution in [-0.4, -0.2) is 16.0 Å². The summed E-state index contributed by atoms with van der Waals surface area (Å²) in [6, 6.07) is 28.4. The van der Waals surface area contributed by atoms with E-state index in [1.807, 2.05) is 66.7 Å². The van der Waals surface area contributed by atoms with Crippen molar-refractivity contribution in [1.29, 1.82) is 0 Å². The minimum absolute atomic E-state index is 0.172. The lowest BCUT2D eigenvalue weighted by Gasteiger charge is -2.11. The molecule has 0 radical (unpaired) electrons. The molecule has 8 heteroatoms. The lowest BCUT2D eigenvalue weighted by atomic mass is 10.0. The molecule has 0 saturated carbocycles. The van der Waals surface area contributed by atoms with Gasteiger partial charge in [0.05, 0.1) is 0 Å². The maximum atomic E-state index is 13.0. The third-order valence-corrected chi connectivity index (χ3v) is 7.31. The van der Waals surface area contributed by atoms with E-state index in [4.69, 9.17) is 33.2 Å². The molecule has 37 heavy (non-hydrogen) atoms. The number of oxazole rings is 1. The zero-order valence-corrected chi connectivity index (χ0v) is 22.2. The van der Waals surface area contributed by atoms with E-state index in [9.17, 15) is 4.79 Å². The van der Waals surface area contributed by atoms with Crippen LogP contribution in [0.25, 0.3) is 44.1 Å². The highest BCUT2D eigenvalue weighted by Crippen LogP contribution is 2.34. The molecule has 1 heterocycles. The third-order valence-electron chi connectivity index (χ3n) is 6.09. The number of anilines is 1. The first-order valence-electron chi connectivity index (χ1n) is 11.4. The van der Waals surface area contributed by atoms with Gasteiger partial charge in [-0.15, -0.1) is 0 Å². The summed E-state index contributed by atoms with van der Waals surface area (Å²) < 4.78 is 7.08. The molecule has 2 N–H and O–H groups in total. The molecule has 0 aliphatic rings. The fourth-order valence-corrected chi connectivity index (χ4v) is 5.33. The Morgan fingerprint density at radius 1 is 0.865 bits per heavy atom. The molecular formula is C29H17BrClN3O2S. The predicted octanol–water partition coefficient (Wildman–Crippen LogP) is 8.34. The minimum Gasteiger partial charge on any atom is -0.436 e. The van der Waals surface area contributed by atoms with Gasteiger partial charge < -0.3 is 9.73 Å². The number of carbonyl (C=O) groups is 1. The molecule has 180 valence electrons. The summed E-state index contributed by atoms with van der Waals surface area (Å²) in [6.07, 6.45) is 0. The van der Waals surface area contributed by atoms with Crippen molar-refractivity contribution < 1.29 is 9.21 Å². The van der Waals surface area contributed by atoms with Crippen molar-refractivity contribution >= 4 is 89.1 Å². The van der Waals surface area contributed by atoms with Crippen LogP contribution in [0.1, 0.15) is 10.4 Å². The van der Waals surface area contributed by atoms with Crippen molar-refractivity contribution in [3.05, 3.63) is 106 Å². The second kappa shape index (κ2) is 9.59. The van der Waals surface area contributed by atoms with Crippen LogP contribution in [0.3, 0.4) is 0 Å². The molecule has 1 aromatic heterocycles. The second-order valence-electron chi connectivity index (χ2n) is 8.39. The van der Waals surface area contributed by atoms with Gasteiger partial charge in [0, 0.05) is 31.7 Å². The highest BCUT2D eigenvalue weighted by molar-refractivity contribution is 9.10. The van der Waals surface area contributed by atoms with Crippen LogP contribution in [0, 0.1) is 0 Å². The number of hydrogen-bond acceptors (Lipinski definition) is 4. The molecule has 0 aliphatic carbocycles. The molecule has 6 aromatic rings. The van der Waals surface area contributed by atoms with Crippen LogP contribution < -0.4 is 10.6 Å². The number of aromatic nitrogens is 1. The zero-order chi connectivity index (χ0) is 25.5. The maximum absolute atomic E-state index is 13.0. The molecule has 5 nitrogen and oxygen atoms in total. The van der Waals surface area contributed by atoms with Gasteiger partial charge in [-0.25, -0.2) is 4.98 Å². The van der Waals surface area contributed by atoms with Crippen molar-refractivity contribution in [3.63, 3.8) is 0 Å². The topological polar surface area (TPSA) is 67.2 Å². The standard InChI is InChI=1S/C29H17BrClN3O2S/c30-23-11-3-5-17-19(23)7-1-10-22(17)28-33-25-15-16(13-14-26(25)36-28)32-29(37)34-27(35)21-9-2-8-20-18(21)6-4-12-24(20)31/h1-15H,(H2,32,34,35,37). The fourth-order valence-electron chi connectivity index (χ4n) is 4.38. The van der Waals surface area contributed by atoms with E-state index in [0.717, 1.165) is 31.6 Å². The van der Waals surface area contributed by atoms with E-state index in [2.05, 4.69) is 32.6 Å².